The van der Waals surface area contributed by atoms with Crippen LogP contribution in [-0.2, 0) is 17.8 Å². The molecule has 0 aliphatic carbocycles. The molecule has 2 aromatic rings. The number of primary amides is 1. The number of fused-ring (bicyclic) bond motifs is 1. The Labute approximate surface area is 128 Å². The summed E-state index contributed by atoms with van der Waals surface area (Å²) in [5, 5.41) is 0. The van der Waals surface area contributed by atoms with Crippen molar-refractivity contribution in [2.75, 3.05) is 19.9 Å². The van der Waals surface area contributed by atoms with Gasteiger partial charge in [-0.3, -0.25) is 9.69 Å². The van der Waals surface area contributed by atoms with Crippen LogP contribution in [0, 0.1) is 0 Å². The minimum atomic E-state index is -0.357. The average Bonchev–Trinajstić information content (AvgIpc) is 3.16. The normalized spacial score (nSPS) is 12.8. The number of amides is 1. The van der Waals surface area contributed by atoms with Gasteiger partial charge in [-0.15, -0.1) is 0 Å². The molecule has 1 aliphatic rings. The maximum Gasteiger partial charge on any atom is 0.231 e. The Morgan fingerprint density at radius 1 is 1.23 bits per heavy atom. The molecule has 116 valence electrons. The van der Waals surface area contributed by atoms with Gasteiger partial charge in [0, 0.05) is 25.1 Å². The van der Waals surface area contributed by atoms with Crippen LogP contribution in [0.1, 0.15) is 11.3 Å². The lowest BCUT2D eigenvalue weighted by Crippen LogP contribution is -2.34. The molecule has 22 heavy (non-hydrogen) atoms. The predicted octanol–water partition coefficient (Wildman–Crippen LogP) is 1.54. The average molecular weight is 302 g/mol. The summed E-state index contributed by atoms with van der Waals surface area (Å²) in [4.78, 5) is 13.3. The predicted molar refractivity (Wildman–Crippen MR) is 79.4 cm³/mol. The summed E-state index contributed by atoms with van der Waals surface area (Å²) in [6.07, 6.45) is 2.36. The van der Waals surface area contributed by atoms with E-state index < -0.39 is 0 Å². The zero-order valence-electron chi connectivity index (χ0n) is 12.2. The monoisotopic (exact) mass is 302 g/mol. The van der Waals surface area contributed by atoms with Gasteiger partial charge in [0.25, 0.3) is 0 Å². The molecular formula is C16H18N2O4. The fourth-order valence-electron chi connectivity index (χ4n) is 2.51. The summed E-state index contributed by atoms with van der Waals surface area (Å²) in [5.74, 6) is 2.01. The zero-order chi connectivity index (χ0) is 15.4. The lowest BCUT2D eigenvalue weighted by atomic mass is 10.1. The van der Waals surface area contributed by atoms with E-state index in [-0.39, 0.29) is 19.2 Å². The van der Waals surface area contributed by atoms with Crippen molar-refractivity contribution >= 4 is 5.91 Å². The number of benzene rings is 1. The Bertz CT molecular complexity index is 640. The Morgan fingerprint density at radius 3 is 2.91 bits per heavy atom. The van der Waals surface area contributed by atoms with Crippen molar-refractivity contribution in [1.82, 2.24) is 4.90 Å². The van der Waals surface area contributed by atoms with Crippen LogP contribution in [0.5, 0.6) is 11.5 Å². The Kier molecular flexibility index (Phi) is 4.29. The number of nitrogens with two attached hydrogens (primary N) is 1. The molecule has 6 nitrogen and oxygen atoms in total. The van der Waals surface area contributed by atoms with Crippen molar-refractivity contribution in [2.24, 2.45) is 5.73 Å². The van der Waals surface area contributed by atoms with Crippen molar-refractivity contribution < 1.29 is 18.7 Å². The van der Waals surface area contributed by atoms with Crippen LogP contribution in [0.15, 0.2) is 41.0 Å². The molecular weight excluding hydrogens is 284 g/mol. The molecule has 3 rings (SSSR count). The maximum atomic E-state index is 11.3. The van der Waals surface area contributed by atoms with Gasteiger partial charge in [-0.05, 0) is 18.2 Å². The highest BCUT2D eigenvalue weighted by Gasteiger charge is 2.19. The minimum Gasteiger partial charge on any atom is -0.469 e. The molecule has 0 saturated carbocycles. The first-order valence-corrected chi connectivity index (χ1v) is 7.13. The molecule has 0 fully saturated rings. The van der Waals surface area contributed by atoms with Crippen molar-refractivity contribution in [3.63, 3.8) is 0 Å². The third-order valence-corrected chi connectivity index (χ3v) is 3.51. The van der Waals surface area contributed by atoms with E-state index in [4.69, 9.17) is 19.6 Å². The van der Waals surface area contributed by atoms with Crippen LogP contribution in [-0.4, -0.2) is 30.7 Å². The molecule has 1 aromatic carbocycles. The molecule has 6 heteroatoms. The Morgan fingerprint density at radius 2 is 2.14 bits per heavy atom. The Hall–Kier alpha value is -2.47. The quantitative estimate of drug-likeness (QED) is 0.839. The Balaban J connectivity index is 1.69. The zero-order valence-corrected chi connectivity index (χ0v) is 12.2. The first-order chi connectivity index (χ1) is 10.7. The van der Waals surface area contributed by atoms with Crippen LogP contribution >= 0.6 is 0 Å². The molecule has 0 radical (unpaired) electrons. The van der Waals surface area contributed by atoms with Crippen LogP contribution in [0.4, 0.5) is 0 Å². The van der Waals surface area contributed by atoms with Gasteiger partial charge in [0.15, 0.2) is 11.5 Å². The van der Waals surface area contributed by atoms with Gasteiger partial charge in [0.2, 0.25) is 12.7 Å². The van der Waals surface area contributed by atoms with E-state index in [1.54, 1.807) is 6.26 Å². The van der Waals surface area contributed by atoms with E-state index in [0.717, 1.165) is 22.8 Å². The SMILES string of the molecule is NC(=O)CN(CCc1ccco1)Cc1cccc2c1OCO2. The number of para-hydroxylation sites is 1. The summed E-state index contributed by atoms with van der Waals surface area (Å²) in [6.45, 7) is 1.65. The molecule has 0 atom stereocenters. The van der Waals surface area contributed by atoms with E-state index in [2.05, 4.69) is 0 Å². The fraction of sp³-hybridized carbons (Fsp3) is 0.312. The maximum absolute atomic E-state index is 11.3. The summed E-state index contributed by atoms with van der Waals surface area (Å²) >= 11 is 0. The molecule has 0 saturated heterocycles. The van der Waals surface area contributed by atoms with Gasteiger partial charge in [-0.2, -0.15) is 0 Å². The van der Waals surface area contributed by atoms with E-state index in [1.807, 2.05) is 35.2 Å². The van der Waals surface area contributed by atoms with Gasteiger partial charge in [-0.25, -0.2) is 0 Å². The van der Waals surface area contributed by atoms with E-state index >= 15 is 0 Å². The number of nitrogens with zero attached hydrogens (tertiary/aromatic N) is 1. The number of carbonyl (C=O) groups excluding carboxylic acids is 1. The van der Waals surface area contributed by atoms with E-state index in [9.17, 15) is 4.79 Å². The van der Waals surface area contributed by atoms with Crippen LogP contribution in [0.2, 0.25) is 0 Å². The largest absolute Gasteiger partial charge is 0.469 e. The molecule has 1 aliphatic heterocycles. The topological polar surface area (TPSA) is 77.9 Å². The standard InChI is InChI=1S/C16H18N2O4/c17-15(19)10-18(7-6-13-4-2-8-20-13)9-12-3-1-5-14-16(12)22-11-21-14/h1-5,8H,6-7,9-11H2,(H2,17,19). The second-order valence-corrected chi connectivity index (χ2v) is 5.16. The van der Waals surface area contributed by atoms with Crippen LogP contribution in [0.3, 0.4) is 0 Å². The molecule has 2 N–H and O–H groups in total. The highest BCUT2D eigenvalue weighted by molar-refractivity contribution is 5.75. The number of furan rings is 1. The molecule has 0 unspecified atom stereocenters. The highest BCUT2D eigenvalue weighted by Crippen LogP contribution is 2.35. The highest BCUT2D eigenvalue weighted by atomic mass is 16.7. The van der Waals surface area contributed by atoms with Gasteiger partial charge in [-0.1, -0.05) is 12.1 Å². The first-order valence-electron chi connectivity index (χ1n) is 7.13. The summed E-state index contributed by atoms with van der Waals surface area (Å²) < 4.78 is 16.2. The van der Waals surface area contributed by atoms with E-state index in [1.165, 1.54) is 0 Å². The third-order valence-electron chi connectivity index (χ3n) is 3.51. The molecule has 1 amide bonds. The van der Waals surface area contributed by atoms with Crippen LogP contribution < -0.4 is 15.2 Å². The fourth-order valence-corrected chi connectivity index (χ4v) is 2.51. The van der Waals surface area contributed by atoms with Crippen molar-refractivity contribution in [3.8, 4) is 11.5 Å². The van der Waals surface area contributed by atoms with Crippen molar-refractivity contribution in [1.29, 1.82) is 0 Å². The molecule has 0 spiro atoms. The lowest BCUT2D eigenvalue weighted by Gasteiger charge is -2.21. The lowest BCUT2D eigenvalue weighted by molar-refractivity contribution is -0.119. The summed E-state index contributed by atoms with van der Waals surface area (Å²) in [6, 6.07) is 9.52. The van der Waals surface area contributed by atoms with Crippen LogP contribution in [0.25, 0.3) is 0 Å². The second kappa shape index (κ2) is 6.53. The molecule has 2 heterocycles. The summed E-state index contributed by atoms with van der Waals surface area (Å²) in [5.41, 5.74) is 6.33. The third kappa shape index (κ3) is 3.40. The molecule has 1 aromatic heterocycles. The van der Waals surface area contributed by atoms with E-state index in [0.29, 0.717) is 19.5 Å². The van der Waals surface area contributed by atoms with Gasteiger partial charge in [0.05, 0.1) is 12.8 Å². The van der Waals surface area contributed by atoms with Gasteiger partial charge >= 0.3 is 0 Å². The smallest absolute Gasteiger partial charge is 0.231 e. The van der Waals surface area contributed by atoms with Gasteiger partial charge < -0.3 is 19.6 Å². The second-order valence-electron chi connectivity index (χ2n) is 5.16. The number of ether oxygens (including phenoxy) is 2. The first kappa shape index (κ1) is 14.5. The van der Waals surface area contributed by atoms with Gasteiger partial charge in [0.1, 0.15) is 5.76 Å². The van der Waals surface area contributed by atoms with Crippen molar-refractivity contribution in [3.05, 3.63) is 47.9 Å². The van der Waals surface area contributed by atoms with Crippen molar-refractivity contribution in [2.45, 2.75) is 13.0 Å². The number of rotatable bonds is 7. The minimum absolute atomic E-state index is 0.186. The number of hydrogen-bond acceptors (Lipinski definition) is 5. The summed E-state index contributed by atoms with van der Waals surface area (Å²) in [7, 11) is 0. The molecule has 0 bridgehead atoms. The number of carbonyl (C=O) groups is 1. The number of hydrogen-bond donors (Lipinski definition) is 1.